The Kier molecular flexibility index (Phi) is 9.92. The number of rotatable bonds is 12. The summed E-state index contributed by atoms with van der Waals surface area (Å²) in [5.41, 5.74) is 5.33. The molecule has 0 rings (SSSR count). The predicted molar refractivity (Wildman–Crippen MR) is 101 cm³/mol. The zero-order chi connectivity index (χ0) is 19.7. The first-order valence-electron chi connectivity index (χ1n) is 8.47. The van der Waals surface area contributed by atoms with E-state index in [1.165, 1.54) is 12.2 Å². The van der Waals surface area contributed by atoms with Gasteiger partial charge in [-0.2, -0.15) is 0 Å². The number of primary amides is 1. The van der Waals surface area contributed by atoms with Crippen LogP contribution in [0.25, 0.3) is 0 Å². The number of ether oxygens (including phenoxy) is 2. The molecular weight excluding hydrogens is 338 g/mol. The van der Waals surface area contributed by atoms with E-state index < -0.39 is 20.2 Å². The van der Waals surface area contributed by atoms with Crippen molar-refractivity contribution in [3.8, 4) is 0 Å². The van der Waals surface area contributed by atoms with Crippen LogP contribution >= 0.6 is 0 Å². The molecule has 0 saturated carbocycles. The van der Waals surface area contributed by atoms with Crippen LogP contribution in [0.1, 0.15) is 33.6 Å². The van der Waals surface area contributed by atoms with Crippen LogP contribution in [0.15, 0.2) is 24.8 Å². The molecule has 0 aliphatic carbocycles. The SMILES string of the molecule is C=CCOC(=O)/C=C/C[C@@H](C)[C@H](CC(N)=O)OCC(C)(C)[Si](C)(C)O. The van der Waals surface area contributed by atoms with Crippen LogP contribution in [0.2, 0.25) is 18.1 Å². The topological polar surface area (TPSA) is 98.9 Å². The lowest BCUT2D eigenvalue weighted by molar-refractivity contribution is -0.136. The average Bonchev–Trinajstić information content (AvgIpc) is 2.47. The predicted octanol–water partition coefficient (Wildman–Crippen LogP) is 2.54. The van der Waals surface area contributed by atoms with E-state index in [0.717, 1.165) is 0 Å². The molecular formula is C18H33NO5Si. The molecule has 0 aliphatic heterocycles. The van der Waals surface area contributed by atoms with E-state index in [-0.39, 0.29) is 30.1 Å². The second kappa shape index (κ2) is 10.5. The molecule has 144 valence electrons. The Labute approximate surface area is 152 Å². The van der Waals surface area contributed by atoms with Gasteiger partial charge in [-0.15, -0.1) is 0 Å². The van der Waals surface area contributed by atoms with Gasteiger partial charge in [-0.25, -0.2) is 4.79 Å². The Morgan fingerprint density at radius 2 is 1.96 bits per heavy atom. The maximum atomic E-state index is 11.4. The second-order valence-corrected chi connectivity index (χ2v) is 12.0. The monoisotopic (exact) mass is 371 g/mol. The molecule has 0 saturated heterocycles. The number of hydrogen-bond donors (Lipinski definition) is 2. The van der Waals surface area contributed by atoms with Gasteiger partial charge < -0.3 is 20.0 Å². The zero-order valence-electron chi connectivity index (χ0n) is 16.1. The Morgan fingerprint density at radius 1 is 1.36 bits per heavy atom. The van der Waals surface area contributed by atoms with Crippen molar-refractivity contribution in [3.63, 3.8) is 0 Å². The van der Waals surface area contributed by atoms with Crippen LogP contribution < -0.4 is 5.73 Å². The molecule has 2 atom stereocenters. The van der Waals surface area contributed by atoms with Crippen LogP contribution in [0.3, 0.4) is 0 Å². The largest absolute Gasteiger partial charge is 0.458 e. The molecule has 6 nitrogen and oxygen atoms in total. The molecule has 0 heterocycles. The first-order valence-corrected chi connectivity index (χ1v) is 11.4. The number of amides is 1. The molecule has 3 N–H and O–H groups in total. The van der Waals surface area contributed by atoms with Gasteiger partial charge in [0, 0.05) is 11.1 Å². The molecule has 0 spiro atoms. The Balaban J connectivity index is 4.74. The van der Waals surface area contributed by atoms with Gasteiger partial charge in [0.05, 0.1) is 19.1 Å². The van der Waals surface area contributed by atoms with Crippen LogP contribution in [0.5, 0.6) is 0 Å². The van der Waals surface area contributed by atoms with Crippen LogP contribution in [0, 0.1) is 5.92 Å². The molecule has 0 unspecified atom stereocenters. The highest BCUT2D eigenvalue weighted by Crippen LogP contribution is 2.36. The van der Waals surface area contributed by atoms with E-state index in [9.17, 15) is 14.4 Å². The molecule has 0 aliphatic rings. The van der Waals surface area contributed by atoms with Crippen LogP contribution in [0.4, 0.5) is 0 Å². The summed E-state index contributed by atoms with van der Waals surface area (Å²) in [6, 6.07) is 0. The standard InChI is InChI=1S/C18H33NO5Si/c1-7-11-23-17(21)10-8-9-14(2)15(12-16(19)20)24-13-18(3,4)25(5,6)22/h7-8,10,14-15,22H,1,9,11-13H2,2-6H3,(H2,19,20)/b10-8+/t14-,15+/m1/s1. The van der Waals surface area contributed by atoms with Crippen molar-refractivity contribution in [3.05, 3.63) is 24.8 Å². The lowest BCUT2D eigenvalue weighted by Gasteiger charge is -2.36. The number of hydrogen-bond acceptors (Lipinski definition) is 5. The summed E-state index contributed by atoms with van der Waals surface area (Å²) in [7, 11) is -2.40. The molecule has 0 fully saturated rings. The summed E-state index contributed by atoms with van der Waals surface area (Å²) in [5.74, 6) is -0.895. The van der Waals surface area contributed by atoms with Gasteiger partial charge >= 0.3 is 5.97 Å². The average molecular weight is 372 g/mol. The van der Waals surface area contributed by atoms with Gasteiger partial charge in [-0.1, -0.05) is 39.5 Å². The lowest BCUT2D eigenvalue weighted by atomic mass is 9.97. The molecule has 1 amide bonds. The summed E-state index contributed by atoms with van der Waals surface area (Å²) in [4.78, 5) is 33.1. The quantitative estimate of drug-likeness (QED) is 0.238. The Morgan fingerprint density at radius 3 is 2.44 bits per heavy atom. The van der Waals surface area contributed by atoms with Crippen molar-refractivity contribution < 1.29 is 23.9 Å². The summed E-state index contributed by atoms with van der Waals surface area (Å²) >= 11 is 0. The van der Waals surface area contributed by atoms with Gasteiger partial charge in [0.25, 0.3) is 0 Å². The highest BCUT2D eigenvalue weighted by molar-refractivity contribution is 6.72. The molecule has 0 bridgehead atoms. The maximum Gasteiger partial charge on any atom is 0.330 e. The molecule has 0 aromatic carbocycles. The van der Waals surface area contributed by atoms with Crippen molar-refractivity contribution in [1.29, 1.82) is 0 Å². The third kappa shape index (κ3) is 9.57. The van der Waals surface area contributed by atoms with Crippen molar-refractivity contribution in [2.45, 2.75) is 57.8 Å². The first kappa shape index (κ1) is 23.6. The number of allylic oxidation sites excluding steroid dienone is 1. The van der Waals surface area contributed by atoms with E-state index in [1.54, 1.807) is 6.08 Å². The fraction of sp³-hybridized carbons (Fsp3) is 0.667. The number of carbonyl (C=O) groups excluding carboxylic acids is 2. The lowest BCUT2D eigenvalue weighted by Crippen LogP contribution is -2.43. The number of esters is 1. The molecule has 7 heteroatoms. The fourth-order valence-electron chi connectivity index (χ4n) is 1.83. The van der Waals surface area contributed by atoms with Crippen molar-refractivity contribution in [2.75, 3.05) is 13.2 Å². The number of carbonyl (C=O) groups is 2. The normalized spacial score (nSPS) is 15.0. The Hall–Kier alpha value is -1.44. The van der Waals surface area contributed by atoms with E-state index >= 15 is 0 Å². The minimum absolute atomic E-state index is 0.0183. The second-order valence-electron chi connectivity index (χ2n) is 7.50. The summed E-state index contributed by atoms with van der Waals surface area (Å²) < 4.78 is 10.8. The van der Waals surface area contributed by atoms with Crippen LogP contribution in [-0.2, 0) is 19.1 Å². The van der Waals surface area contributed by atoms with Crippen molar-refractivity contribution >= 4 is 20.2 Å². The zero-order valence-corrected chi connectivity index (χ0v) is 17.1. The van der Waals surface area contributed by atoms with E-state index in [4.69, 9.17) is 15.2 Å². The minimum Gasteiger partial charge on any atom is -0.458 e. The van der Waals surface area contributed by atoms with E-state index in [0.29, 0.717) is 13.0 Å². The van der Waals surface area contributed by atoms with Crippen molar-refractivity contribution in [1.82, 2.24) is 0 Å². The maximum absolute atomic E-state index is 11.4. The van der Waals surface area contributed by atoms with Gasteiger partial charge in [-0.3, -0.25) is 4.79 Å². The van der Waals surface area contributed by atoms with Gasteiger partial charge in [0.15, 0.2) is 8.32 Å². The highest BCUT2D eigenvalue weighted by Gasteiger charge is 2.39. The smallest absolute Gasteiger partial charge is 0.330 e. The molecule has 0 aromatic rings. The van der Waals surface area contributed by atoms with Crippen LogP contribution in [-0.4, -0.2) is 44.3 Å². The third-order valence-corrected chi connectivity index (χ3v) is 7.91. The van der Waals surface area contributed by atoms with Crippen molar-refractivity contribution in [2.24, 2.45) is 11.7 Å². The molecule has 25 heavy (non-hydrogen) atoms. The Bertz CT molecular complexity index is 482. The highest BCUT2D eigenvalue weighted by atomic mass is 28.4. The minimum atomic E-state index is -2.40. The number of nitrogens with two attached hydrogens (primary N) is 1. The fourth-order valence-corrected chi connectivity index (χ4v) is 2.27. The summed E-state index contributed by atoms with van der Waals surface area (Å²) in [5, 5.41) is -0.354. The molecule has 0 radical (unpaired) electrons. The van der Waals surface area contributed by atoms with Gasteiger partial charge in [0.2, 0.25) is 5.91 Å². The summed E-state index contributed by atoms with van der Waals surface area (Å²) in [6.45, 7) is 13.6. The third-order valence-electron chi connectivity index (χ3n) is 4.46. The van der Waals surface area contributed by atoms with Gasteiger partial charge in [0.1, 0.15) is 6.61 Å². The summed E-state index contributed by atoms with van der Waals surface area (Å²) in [6.07, 6.45) is 4.82. The van der Waals surface area contributed by atoms with E-state index in [2.05, 4.69) is 6.58 Å². The van der Waals surface area contributed by atoms with E-state index in [1.807, 2.05) is 33.9 Å². The van der Waals surface area contributed by atoms with Gasteiger partial charge in [-0.05, 0) is 25.4 Å². The molecule has 0 aromatic heterocycles. The first-order chi connectivity index (χ1) is 11.4.